The van der Waals surface area contributed by atoms with Crippen LogP contribution in [0.3, 0.4) is 0 Å². The SMILES string of the molecule is CCNC(=NCC(=O)N1CCCC1)NCCCC(=O)N1CCc2ccccc21.I. The maximum absolute atomic E-state index is 12.5. The summed E-state index contributed by atoms with van der Waals surface area (Å²) in [6.45, 7) is 6.00. The Balaban J connectivity index is 0.00000300. The largest absolute Gasteiger partial charge is 0.357 e. The second-order valence-electron chi connectivity index (χ2n) is 7.24. The van der Waals surface area contributed by atoms with Crippen molar-refractivity contribution < 1.29 is 9.59 Å². The van der Waals surface area contributed by atoms with Gasteiger partial charge in [-0.3, -0.25) is 9.59 Å². The minimum Gasteiger partial charge on any atom is -0.357 e. The van der Waals surface area contributed by atoms with E-state index in [1.807, 2.05) is 34.9 Å². The average Bonchev–Trinajstić information content (AvgIpc) is 3.38. The topological polar surface area (TPSA) is 77.0 Å². The first-order valence-corrected chi connectivity index (χ1v) is 10.4. The van der Waals surface area contributed by atoms with Crippen LogP contribution in [-0.4, -0.2) is 61.9 Å². The minimum absolute atomic E-state index is 0. The van der Waals surface area contributed by atoms with Crippen LogP contribution in [0.4, 0.5) is 5.69 Å². The molecular weight excluding hydrogens is 481 g/mol. The number of fused-ring (bicyclic) bond motifs is 1. The third kappa shape index (κ3) is 6.58. The van der Waals surface area contributed by atoms with Crippen molar-refractivity contribution in [3.05, 3.63) is 29.8 Å². The van der Waals surface area contributed by atoms with Gasteiger partial charge in [0.15, 0.2) is 5.96 Å². The second kappa shape index (κ2) is 12.0. The van der Waals surface area contributed by atoms with E-state index in [4.69, 9.17) is 0 Å². The molecule has 7 nitrogen and oxygen atoms in total. The number of benzene rings is 1. The van der Waals surface area contributed by atoms with Crippen LogP contribution in [-0.2, 0) is 16.0 Å². The fourth-order valence-electron chi connectivity index (χ4n) is 3.73. The highest BCUT2D eigenvalue weighted by molar-refractivity contribution is 14.0. The molecule has 0 unspecified atom stereocenters. The summed E-state index contributed by atoms with van der Waals surface area (Å²) in [5.41, 5.74) is 2.30. The van der Waals surface area contributed by atoms with E-state index in [-0.39, 0.29) is 42.3 Å². The first-order chi connectivity index (χ1) is 13.7. The standard InChI is InChI=1S/C21H31N5O2.HI/c1-2-22-21(24-16-20(28)25-13-5-6-14-25)23-12-7-10-19(27)26-15-11-17-8-3-4-9-18(17)26;/h3-4,8-9H,2,5-7,10-16H2,1H3,(H2,22,23,24);1H. The number of halogens is 1. The highest BCUT2D eigenvalue weighted by Gasteiger charge is 2.23. The molecule has 0 spiro atoms. The Kier molecular flexibility index (Phi) is 9.69. The van der Waals surface area contributed by atoms with Gasteiger partial charge in [0.2, 0.25) is 11.8 Å². The Morgan fingerprint density at radius 2 is 1.83 bits per heavy atom. The molecule has 2 aliphatic heterocycles. The molecule has 0 saturated carbocycles. The molecule has 0 aliphatic carbocycles. The third-order valence-corrected chi connectivity index (χ3v) is 5.22. The second-order valence-corrected chi connectivity index (χ2v) is 7.24. The van der Waals surface area contributed by atoms with Crippen LogP contribution in [0.1, 0.15) is 38.2 Å². The van der Waals surface area contributed by atoms with Crippen LogP contribution < -0.4 is 15.5 Å². The van der Waals surface area contributed by atoms with Gasteiger partial charge in [0.05, 0.1) is 0 Å². The lowest BCUT2D eigenvalue weighted by Crippen LogP contribution is -2.39. The summed E-state index contributed by atoms with van der Waals surface area (Å²) < 4.78 is 0. The molecule has 2 N–H and O–H groups in total. The molecule has 1 aromatic rings. The van der Waals surface area contributed by atoms with E-state index in [1.54, 1.807) is 0 Å². The van der Waals surface area contributed by atoms with Gasteiger partial charge in [0.1, 0.15) is 6.54 Å². The van der Waals surface area contributed by atoms with Gasteiger partial charge in [0, 0.05) is 44.8 Å². The van der Waals surface area contributed by atoms with Crippen LogP contribution in [0.5, 0.6) is 0 Å². The highest BCUT2D eigenvalue weighted by atomic mass is 127. The molecular formula is C21H32IN5O2. The van der Waals surface area contributed by atoms with Crippen molar-refractivity contribution in [3.8, 4) is 0 Å². The van der Waals surface area contributed by atoms with E-state index >= 15 is 0 Å². The Hall–Kier alpha value is -1.84. The zero-order valence-corrected chi connectivity index (χ0v) is 19.5. The van der Waals surface area contributed by atoms with E-state index in [2.05, 4.69) is 21.7 Å². The number of hydrogen-bond acceptors (Lipinski definition) is 3. The van der Waals surface area contributed by atoms with Crippen molar-refractivity contribution in [2.45, 2.75) is 39.0 Å². The maximum atomic E-state index is 12.5. The molecule has 0 atom stereocenters. The minimum atomic E-state index is 0. The van der Waals surface area contributed by atoms with Crippen molar-refractivity contribution in [3.63, 3.8) is 0 Å². The highest BCUT2D eigenvalue weighted by Crippen LogP contribution is 2.27. The number of hydrogen-bond donors (Lipinski definition) is 2. The summed E-state index contributed by atoms with van der Waals surface area (Å²) >= 11 is 0. The maximum Gasteiger partial charge on any atom is 0.244 e. The monoisotopic (exact) mass is 513 g/mol. The molecule has 1 fully saturated rings. The number of nitrogens with zero attached hydrogens (tertiary/aromatic N) is 3. The molecule has 160 valence electrons. The molecule has 3 rings (SSSR count). The number of likely N-dealkylation sites (tertiary alicyclic amines) is 1. The van der Waals surface area contributed by atoms with Gasteiger partial charge in [-0.1, -0.05) is 18.2 Å². The Bertz CT molecular complexity index is 719. The van der Waals surface area contributed by atoms with Gasteiger partial charge < -0.3 is 20.4 Å². The summed E-state index contributed by atoms with van der Waals surface area (Å²) in [4.78, 5) is 32.8. The van der Waals surface area contributed by atoms with Gasteiger partial charge in [-0.2, -0.15) is 0 Å². The van der Waals surface area contributed by atoms with Crippen molar-refractivity contribution in [1.29, 1.82) is 0 Å². The predicted octanol–water partition coefficient (Wildman–Crippen LogP) is 2.15. The molecule has 0 radical (unpaired) electrons. The number of anilines is 1. The number of carbonyl (C=O) groups is 2. The molecule has 29 heavy (non-hydrogen) atoms. The van der Waals surface area contributed by atoms with Crippen LogP contribution in [0.2, 0.25) is 0 Å². The van der Waals surface area contributed by atoms with Gasteiger partial charge in [-0.15, -0.1) is 24.0 Å². The van der Waals surface area contributed by atoms with E-state index < -0.39 is 0 Å². The quantitative estimate of drug-likeness (QED) is 0.254. The predicted molar refractivity (Wildman–Crippen MR) is 127 cm³/mol. The lowest BCUT2D eigenvalue weighted by Gasteiger charge is -2.18. The smallest absolute Gasteiger partial charge is 0.244 e. The number of para-hydroxylation sites is 1. The third-order valence-electron chi connectivity index (χ3n) is 5.22. The van der Waals surface area contributed by atoms with Crippen LogP contribution >= 0.6 is 24.0 Å². The fourth-order valence-corrected chi connectivity index (χ4v) is 3.73. The first kappa shape index (κ1) is 23.4. The van der Waals surface area contributed by atoms with Crippen LogP contribution in [0, 0.1) is 0 Å². The van der Waals surface area contributed by atoms with Crippen molar-refractivity contribution in [1.82, 2.24) is 15.5 Å². The number of aliphatic imine (C=N–C) groups is 1. The molecule has 1 aromatic carbocycles. The molecule has 2 amide bonds. The Labute approximate surface area is 190 Å². The summed E-state index contributed by atoms with van der Waals surface area (Å²) in [5.74, 6) is 0.879. The summed E-state index contributed by atoms with van der Waals surface area (Å²) in [6.07, 6.45) is 4.32. The number of nitrogens with one attached hydrogen (secondary N) is 2. The summed E-state index contributed by atoms with van der Waals surface area (Å²) in [5, 5.41) is 6.39. The van der Waals surface area contributed by atoms with E-state index in [0.29, 0.717) is 18.9 Å². The van der Waals surface area contributed by atoms with Crippen LogP contribution in [0.15, 0.2) is 29.3 Å². The zero-order chi connectivity index (χ0) is 19.8. The first-order valence-electron chi connectivity index (χ1n) is 10.4. The van der Waals surface area contributed by atoms with Gasteiger partial charge in [0.25, 0.3) is 0 Å². The zero-order valence-electron chi connectivity index (χ0n) is 17.2. The van der Waals surface area contributed by atoms with Gasteiger partial charge >= 0.3 is 0 Å². The Morgan fingerprint density at radius 3 is 2.59 bits per heavy atom. The van der Waals surface area contributed by atoms with E-state index in [0.717, 1.165) is 57.5 Å². The van der Waals surface area contributed by atoms with Gasteiger partial charge in [-0.05, 0) is 44.2 Å². The van der Waals surface area contributed by atoms with Crippen LogP contribution in [0.25, 0.3) is 0 Å². The van der Waals surface area contributed by atoms with Crippen molar-refractivity contribution >= 4 is 47.4 Å². The molecule has 1 saturated heterocycles. The molecule has 2 heterocycles. The number of carbonyl (C=O) groups excluding carboxylic acids is 2. The van der Waals surface area contributed by atoms with Gasteiger partial charge in [-0.25, -0.2) is 4.99 Å². The van der Waals surface area contributed by atoms with Crippen molar-refractivity contribution in [2.24, 2.45) is 4.99 Å². The normalized spacial score (nSPS) is 15.7. The summed E-state index contributed by atoms with van der Waals surface area (Å²) in [7, 11) is 0. The molecule has 0 bridgehead atoms. The lowest BCUT2D eigenvalue weighted by molar-refractivity contribution is -0.128. The van der Waals surface area contributed by atoms with E-state index in [9.17, 15) is 9.59 Å². The Morgan fingerprint density at radius 1 is 1.07 bits per heavy atom. The van der Waals surface area contributed by atoms with Crippen molar-refractivity contribution in [2.75, 3.05) is 44.2 Å². The average molecular weight is 513 g/mol. The van der Waals surface area contributed by atoms with E-state index in [1.165, 1.54) is 5.56 Å². The molecule has 2 aliphatic rings. The lowest BCUT2D eigenvalue weighted by atomic mass is 10.2. The number of rotatable bonds is 7. The molecule has 8 heteroatoms. The fraction of sp³-hybridized carbons (Fsp3) is 0.571. The number of guanidine groups is 1. The molecule has 0 aromatic heterocycles. The number of amides is 2. The summed E-state index contributed by atoms with van der Waals surface area (Å²) in [6, 6.07) is 8.11.